The number of hydrogen-bond donors (Lipinski definition) is 2. The first-order chi connectivity index (χ1) is 14.3. The molecule has 3 rings (SSSR count). The Bertz CT molecular complexity index is 1090. The van der Waals surface area contributed by atoms with E-state index in [-0.39, 0.29) is 29.8 Å². The molecule has 3 aromatic rings. The van der Waals surface area contributed by atoms with Crippen molar-refractivity contribution in [3.63, 3.8) is 0 Å². The predicted molar refractivity (Wildman–Crippen MR) is 117 cm³/mol. The van der Waals surface area contributed by atoms with E-state index in [1.54, 1.807) is 41.9 Å². The number of hydrogen-bond acceptors (Lipinski definition) is 5. The second-order valence-corrected chi connectivity index (χ2v) is 8.35. The van der Waals surface area contributed by atoms with E-state index >= 15 is 0 Å². The molecule has 0 saturated heterocycles. The van der Waals surface area contributed by atoms with Crippen LogP contribution in [0.25, 0.3) is 0 Å². The van der Waals surface area contributed by atoms with Crippen LogP contribution in [0, 0.1) is 5.82 Å². The largest absolute Gasteiger partial charge is 0.345 e. The van der Waals surface area contributed by atoms with Crippen LogP contribution in [0.1, 0.15) is 16.2 Å². The Balaban J connectivity index is 1.54. The number of aromatic nitrogens is 3. The fraction of sp³-hybridized carbons (Fsp3) is 0.158. The van der Waals surface area contributed by atoms with Crippen molar-refractivity contribution in [2.75, 3.05) is 11.1 Å². The molecule has 0 radical (unpaired) electrons. The summed E-state index contributed by atoms with van der Waals surface area (Å²) in [5.74, 6) is -0.699. The van der Waals surface area contributed by atoms with Gasteiger partial charge in [0, 0.05) is 11.5 Å². The van der Waals surface area contributed by atoms with Crippen LogP contribution < -0.4 is 10.6 Å². The van der Waals surface area contributed by atoms with E-state index < -0.39 is 5.82 Å². The summed E-state index contributed by atoms with van der Waals surface area (Å²) in [6.45, 7) is 0.143. The Hall–Kier alpha value is -2.43. The molecule has 0 spiro atoms. The van der Waals surface area contributed by atoms with E-state index in [0.717, 1.165) is 11.8 Å². The zero-order valence-electron chi connectivity index (χ0n) is 15.7. The highest BCUT2D eigenvalue weighted by atomic mass is 79.9. The highest BCUT2D eigenvalue weighted by Crippen LogP contribution is 2.21. The van der Waals surface area contributed by atoms with Gasteiger partial charge in [0.05, 0.1) is 28.6 Å². The van der Waals surface area contributed by atoms with E-state index in [0.29, 0.717) is 26.0 Å². The van der Waals surface area contributed by atoms with Gasteiger partial charge in [0.2, 0.25) is 5.91 Å². The number of halogens is 3. The van der Waals surface area contributed by atoms with Gasteiger partial charge >= 0.3 is 0 Å². The molecule has 0 fully saturated rings. The molecule has 0 saturated carbocycles. The molecule has 30 heavy (non-hydrogen) atoms. The normalized spacial score (nSPS) is 10.7. The lowest BCUT2D eigenvalue weighted by Crippen LogP contribution is -2.24. The number of rotatable bonds is 7. The van der Waals surface area contributed by atoms with Gasteiger partial charge in [-0.15, -0.1) is 10.2 Å². The van der Waals surface area contributed by atoms with Gasteiger partial charge in [-0.05, 0) is 30.3 Å². The predicted octanol–water partition coefficient (Wildman–Crippen LogP) is 4.03. The number of nitrogens with zero attached hydrogens (tertiary/aromatic N) is 3. The SMILES string of the molecule is Cn1c(CNC(=O)c2ccccc2Cl)nnc1SCC(=O)Nc1ccc(Br)cc1F. The van der Waals surface area contributed by atoms with Gasteiger partial charge in [-0.2, -0.15) is 0 Å². The minimum absolute atomic E-state index is 0.0213. The third-order valence-corrected chi connectivity index (χ3v) is 5.83. The van der Waals surface area contributed by atoms with Gasteiger partial charge < -0.3 is 15.2 Å². The van der Waals surface area contributed by atoms with Gasteiger partial charge in [-0.25, -0.2) is 4.39 Å². The molecule has 1 aromatic heterocycles. The van der Waals surface area contributed by atoms with E-state index in [4.69, 9.17) is 11.6 Å². The maximum Gasteiger partial charge on any atom is 0.253 e. The Kier molecular flexibility index (Phi) is 7.46. The Labute approximate surface area is 189 Å². The molecule has 156 valence electrons. The molecular formula is C19H16BrClFN5O2S. The number of benzene rings is 2. The third kappa shape index (κ3) is 5.59. The topological polar surface area (TPSA) is 88.9 Å². The summed E-state index contributed by atoms with van der Waals surface area (Å²) in [5.41, 5.74) is 0.470. The molecule has 7 nitrogen and oxygen atoms in total. The van der Waals surface area contributed by atoms with Crippen molar-refractivity contribution in [3.05, 3.63) is 69.2 Å². The maximum atomic E-state index is 13.8. The van der Waals surface area contributed by atoms with Crippen LogP contribution >= 0.6 is 39.3 Å². The van der Waals surface area contributed by atoms with Crippen LogP contribution in [0.2, 0.25) is 5.02 Å². The summed E-state index contributed by atoms with van der Waals surface area (Å²) in [5, 5.41) is 14.2. The molecule has 0 aliphatic rings. The molecule has 2 amide bonds. The van der Waals surface area contributed by atoms with E-state index in [1.165, 1.54) is 12.1 Å². The Morgan fingerprint density at radius 2 is 2.00 bits per heavy atom. The Morgan fingerprint density at radius 1 is 1.23 bits per heavy atom. The second-order valence-electron chi connectivity index (χ2n) is 6.08. The third-order valence-electron chi connectivity index (χ3n) is 3.99. The van der Waals surface area contributed by atoms with Crippen LogP contribution in [0.3, 0.4) is 0 Å². The van der Waals surface area contributed by atoms with Gasteiger partial charge in [0.15, 0.2) is 11.0 Å². The zero-order valence-corrected chi connectivity index (χ0v) is 18.8. The van der Waals surface area contributed by atoms with Gasteiger partial charge in [0.1, 0.15) is 5.82 Å². The van der Waals surface area contributed by atoms with Gasteiger partial charge in [-0.3, -0.25) is 9.59 Å². The summed E-state index contributed by atoms with van der Waals surface area (Å²) in [7, 11) is 1.73. The lowest BCUT2D eigenvalue weighted by Gasteiger charge is -2.08. The molecule has 0 aliphatic carbocycles. The minimum atomic E-state index is -0.530. The molecule has 0 aliphatic heterocycles. The van der Waals surface area contributed by atoms with Crippen molar-refractivity contribution in [1.29, 1.82) is 0 Å². The van der Waals surface area contributed by atoms with E-state index in [2.05, 4.69) is 36.8 Å². The minimum Gasteiger partial charge on any atom is -0.345 e. The first-order valence-electron chi connectivity index (χ1n) is 8.64. The Morgan fingerprint density at radius 3 is 2.73 bits per heavy atom. The molecule has 1 heterocycles. The number of nitrogens with one attached hydrogen (secondary N) is 2. The quantitative estimate of drug-likeness (QED) is 0.467. The summed E-state index contributed by atoms with van der Waals surface area (Å²) in [6.07, 6.45) is 0. The molecule has 0 unspecified atom stereocenters. The lowest BCUT2D eigenvalue weighted by molar-refractivity contribution is -0.113. The van der Waals surface area contributed by atoms with Crippen molar-refractivity contribution in [3.8, 4) is 0 Å². The smallest absolute Gasteiger partial charge is 0.253 e. The van der Waals surface area contributed by atoms with Crippen LogP contribution in [0.5, 0.6) is 0 Å². The summed E-state index contributed by atoms with van der Waals surface area (Å²) >= 11 is 10.3. The first kappa shape index (κ1) is 22.3. The number of amides is 2. The molecular weight excluding hydrogens is 497 g/mol. The van der Waals surface area contributed by atoms with Crippen LogP contribution in [-0.2, 0) is 18.4 Å². The monoisotopic (exact) mass is 511 g/mol. The van der Waals surface area contributed by atoms with Crippen molar-refractivity contribution in [2.24, 2.45) is 7.05 Å². The molecule has 2 N–H and O–H groups in total. The van der Waals surface area contributed by atoms with Gasteiger partial charge in [0.25, 0.3) is 5.91 Å². The highest BCUT2D eigenvalue weighted by Gasteiger charge is 2.15. The zero-order chi connectivity index (χ0) is 21.7. The van der Waals surface area contributed by atoms with Crippen molar-refractivity contribution in [2.45, 2.75) is 11.7 Å². The van der Waals surface area contributed by atoms with Crippen LogP contribution in [0.4, 0.5) is 10.1 Å². The lowest BCUT2D eigenvalue weighted by atomic mass is 10.2. The fourth-order valence-electron chi connectivity index (χ4n) is 2.43. The van der Waals surface area contributed by atoms with Crippen molar-refractivity contribution >= 4 is 56.8 Å². The van der Waals surface area contributed by atoms with Crippen LogP contribution in [-0.4, -0.2) is 32.3 Å². The number of carbonyl (C=O) groups is 2. The first-order valence-corrected chi connectivity index (χ1v) is 10.8. The summed E-state index contributed by atoms with van der Waals surface area (Å²) in [6, 6.07) is 11.1. The summed E-state index contributed by atoms with van der Waals surface area (Å²) in [4.78, 5) is 24.4. The van der Waals surface area contributed by atoms with Crippen molar-refractivity contribution in [1.82, 2.24) is 20.1 Å². The molecule has 0 atom stereocenters. The second kappa shape index (κ2) is 10.1. The van der Waals surface area contributed by atoms with E-state index in [1.807, 2.05) is 0 Å². The molecule has 2 aromatic carbocycles. The highest BCUT2D eigenvalue weighted by molar-refractivity contribution is 9.10. The molecule has 11 heteroatoms. The summed E-state index contributed by atoms with van der Waals surface area (Å²) < 4.78 is 16.1. The van der Waals surface area contributed by atoms with E-state index in [9.17, 15) is 14.0 Å². The molecule has 0 bridgehead atoms. The van der Waals surface area contributed by atoms with Crippen LogP contribution in [0.15, 0.2) is 52.1 Å². The average Bonchev–Trinajstić information content (AvgIpc) is 3.06. The maximum absolute atomic E-state index is 13.8. The van der Waals surface area contributed by atoms with Gasteiger partial charge in [-0.1, -0.05) is 51.4 Å². The number of thioether (sulfide) groups is 1. The number of anilines is 1. The van der Waals surface area contributed by atoms with Crippen molar-refractivity contribution < 1.29 is 14.0 Å². The average molecular weight is 513 g/mol. The fourth-order valence-corrected chi connectivity index (χ4v) is 3.72. The number of carbonyl (C=O) groups excluding carboxylic acids is 2. The standard InChI is InChI=1S/C19H16BrClFN5O2S/c1-27-16(9-23-18(29)12-4-2-3-5-13(12)21)25-26-19(27)30-10-17(28)24-15-7-6-11(20)8-14(15)22/h2-8H,9-10H2,1H3,(H,23,29)(H,24,28).